The number of rotatable bonds is 6. The molecule has 0 radical (unpaired) electrons. The standard InChI is InChI=1S/C18H21F3N4O/c19-18(20,21)13-26-16-6-1-4-14(10-16)11-22-15-5-3-9-25(12-15)17-7-2-8-23-24-17/h1-2,4,6-8,10,15,22H,3,5,9,11-13H2. The van der Waals surface area contributed by atoms with Crippen LogP contribution >= 0.6 is 0 Å². The zero-order chi connectivity index (χ0) is 18.4. The van der Waals surface area contributed by atoms with E-state index in [0.29, 0.717) is 6.54 Å². The summed E-state index contributed by atoms with van der Waals surface area (Å²) in [5.41, 5.74) is 0.890. The normalized spacial score (nSPS) is 18.0. The molecule has 1 aromatic heterocycles. The first-order chi connectivity index (χ1) is 12.5. The third kappa shape index (κ3) is 5.59. The second-order valence-electron chi connectivity index (χ2n) is 6.30. The number of aromatic nitrogens is 2. The fourth-order valence-corrected chi connectivity index (χ4v) is 2.99. The largest absolute Gasteiger partial charge is 0.484 e. The quantitative estimate of drug-likeness (QED) is 0.851. The van der Waals surface area contributed by atoms with Gasteiger partial charge in [-0.1, -0.05) is 12.1 Å². The molecule has 1 aromatic carbocycles. The van der Waals surface area contributed by atoms with Gasteiger partial charge in [0.2, 0.25) is 0 Å². The highest BCUT2D eigenvalue weighted by Crippen LogP contribution is 2.20. The summed E-state index contributed by atoms with van der Waals surface area (Å²) in [6, 6.07) is 10.8. The highest BCUT2D eigenvalue weighted by Gasteiger charge is 2.28. The van der Waals surface area contributed by atoms with Crippen molar-refractivity contribution in [1.82, 2.24) is 15.5 Å². The summed E-state index contributed by atoms with van der Waals surface area (Å²) in [7, 11) is 0. The van der Waals surface area contributed by atoms with Gasteiger partial charge in [-0.3, -0.25) is 0 Å². The van der Waals surface area contributed by atoms with E-state index in [1.54, 1.807) is 18.3 Å². The summed E-state index contributed by atoms with van der Waals surface area (Å²) >= 11 is 0. The third-order valence-corrected chi connectivity index (χ3v) is 4.20. The second-order valence-corrected chi connectivity index (χ2v) is 6.30. The lowest BCUT2D eigenvalue weighted by molar-refractivity contribution is -0.153. The number of hydrogen-bond acceptors (Lipinski definition) is 5. The van der Waals surface area contributed by atoms with Gasteiger partial charge >= 0.3 is 6.18 Å². The van der Waals surface area contributed by atoms with Crippen LogP contribution < -0.4 is 15.0 Å². The summed E-state index contributed by atoms with van der Waals surface area (Å²) in [6.07, 6.45) is -0.596. The van der Waals surface area contributed by atoms with Crippen LogP contribution in [-0.2, 0) is 6.54 Å². The lowest BCUT2D eigenvalue weighted by Crippen LogP contribution is -2.45. The molecule has 26 heavy (non-hydrogen) atoms. The zero-order valence-corrected chi connectivity index (χ0v) is 14.2. The first-order valence-corrected chi connectivity index (χ1v) is 8.54. The minimum Gasteiger partial charge on any atom is -0.484 e. The van der Waals surface area contributed by atoms with Gasteiger partial charge in [0.05, 0.1) is 0 Å². The average molecular weight is 366 g/mol. The molecule has 1 aliphatic heterocycles. The number of hydrogen-bond donors (Lipinski definition) is 1. The van der Waals surface area contributed by atoms with Crippen molar-refractivity contribution in [2.24, 2.45) is 0 Å². The average Bonchev–Trinajstić information content (AvgIpc) is 2.66. The van der Waals surface area contributed by atoms with Crippen molar-refractivity contribution in [3.8, 4) is 5.75 Å². The molecule has 1 unspecified atom stereocenters. The van der Waals surface area contributed by atoms with E-state index in [9.17, 15) is 13.2 Å². The molecule has 1 saturated heterocycles. The van der Waals surface area contributed by atoms with Gasteiger partial charge in [0.15, 0.2) is 12.4 Å². The Balaban J connectivity index is 1.52. The lowest BCUT2D eigenvalue weighted by Gasteiger charge is -2.33. The molecule has 2 heterocycles. The van der Waals surface area contributed by atoms with Crippen LogP contribution in [0.2, 0.25) is 0 Å². The van der Waals surface area contributed by atoms with Crippen LogP contribution in [0.3, 0.4) is 0 Å². The monoisotopic (exact) mass is 366 g/mol. The van der Waals surface area contributed by atoms with Crippen LogP contribution in [0.5, 0.6) is 5.75 Å². The molecule has 0 bridgehead atoms. The van der Waals surface area contributed by atoms with E-state index >= 15 is 0 Å². The number of ether oxygens (including phenoxy) is 1. The van der Waals surface area contributed by atoms with Crippen molar-refractivity contribution in [2.75, 3.05) is 24.6 Å². The fraction of sp³-hybridized carbons (Fsp3) is 0.444. The van der Waals surface area contributed by atoms with E-state index in [-0.39, 0.29) is 11.8 Å². The summed E-state index contributed by atoms with van der Waals surface area (Å²) in [6.45, 7) is 1.06. The SMILES string of the molecule is FC(F)(F)COc1cccc(CNC2CCCN(c3cccnn3)C2)c1. The van der Waals surface area contributed by atoms with Crippen molar-refractivity contribution >= 4 is 5.82 Å². The molecule has 1 atom stereocenters. The molecule has 0 spiro atoms. The van der Waals surface area contributed by atoms with Crippen LogP contribution in [-0.4, -0.2) is 42.1 Å². The van der Waals surface area contributed by atoms with Gasteiger partial charge in [0.25, 0.3) is 0 Å². The molecule has 8 heteroatoms. The number of nitrogens with zero attached hydrogens (tertiary/aromatic N) is 3. The third-order valence-electron chi connectivity index (χ3n) is 4.20. The highest BCUT2D eigenvalue weighted by molar-refractivity contribution is 5.37. The van der Waals surface area contributed by atoms with Gasteiger partial charge in [-0.2, -0.15) is 18.3 Å². The molecule has 1 aliphatic rings. The van der Waals surface area contributed by atoms with Gasteiger partial charge in [-0.05, 0) is 42.7 Å². The van der Waals surface area contributed by atoms with Gasteiger partial charge in [-0.15, -0.1) is 5.10 Å². The summed E-state index contributed by atoms with van der Waals surface area (Å²) in [4.78, 5) is 2.19. The summed E-state index contributed by atoms with van der Waals surface area (Å²) < 4.78 is 41.6. The van der Waals surface area contributed by atoms with Crippen molar-refractivity contribution in [2.45, 2.75) is 31.6 Å². The topological polar surface area (TPSA) is 50.3 Å². The number of anilines is 1. The number of nitrogens with one attached hydrogen (secondary N) is 1. The minimum atomic E-state index is -4.33. The Morgan fingerprint density at radius 2 is 2.12 bits per heavy atom. The summed E-state index contributed by atoms with van der Waals surface area (Å²) in [5, 5.41) is 11.5. The molecule has 0 saturated carbocycles. The Morgan fingerprint density at radius 1 is 1.23 bits per heavy atom. The maximum atomic E-state index is 12.3. The summed E-state index contributed by atoms with van der Waals surface area (Å²) in [5.74, 6) is 1.09. The van der Waals surface area contributed by atoms with Gasteiger partial charge in [-0.25, -0.2) is 0 Å². The Bertz CT molecular complexity index is 696. The number of alkyl halides is 3. The van der Waals surface area contributed by atoms with E-state index in [4.69, 9.17) is 4.74 Å². The molecule has 2 aromatic rings. The molecule has 1 fully saturated rings. The Hall–Kier alpha value is -2.35. The van der Waals surface area contributed by atoms with Crippen molar-refractivity contribution in [3.63, 3.8) is 0 Å². The maximum absolute atomic E-state index is 12.3. The van der Waals surface area contributed by atoms with E-state index in [1.165, 1.54) is 6.07 Å². The van der Waals surface area contributed by atoms with E-state index < -0.39 is 12.8 Å². The molecule has 3 rings (SSSR count). The van der Waals surface area contributed by atoms with E-state index in [1.807, 2.05) is 18.2 Å². The predicted molar refractivity (Wildman–Crippen MR) is 92.1 cm³/mol. The molecule has 140 valence electrons. The fourth-order valence-electron chi connectivity index (χ4n) is 2.99. The Kier molecular flexibility index (Phi) is 5.92. The minimum absolute atomic E-state index is 0.228. The molecule has 5 nitrogen and oxygen atoms in total. The zero-order valence-electron chi connectivity index (χ0n) is 14.2. The van der Waals surface area contributed by atoms with Crippen molar-refractivity contribution in [3.05, 3.63) is 48.2 Å². The molecule has 0 aliphatic carbocycles. The van der Waals surface area contributed by atoms with Crippen molar-refractivity contribution < 1.29 is 17.9 Å². The Morgan fingerprint density at radius 3 is 2.88 bits per heavy atom. The van der Waals surface area contributed by atoms with Gasteiger partial charge in [0, 0.05) is 31.9 Å². The van der Waals surface area contributed by atoms with E-state index in [2.05, 4.69) is 20.4 Å². The number of benzene rings is 1. The van der Waals surface area contributed by atoms with Gasteiger partial charge in [0.1, 0.15) is 5.75 Å². The first-order valence-electron chi connectivity index (χ1n) is 8.54. The molecule has 0 amide bonds. The predicted octanol–water partition coefficient (Wildman–Crippen LogP) is 3.18. The maximum Gasteiger partial charge on any atom is 0.422 e. The Labute approximate surface area is 150 Å². The molecule has 1 N–H and O–H groups in total. The molecular formula is C18H21F3N4O. The van der Waals surface area contributed by atoms with E-state index in [0.717, 1.165) is 37.3 Å². The van der Waals surface area contributed by atoms with Crippen LogP contribution in [0.4, 0.5) is 19.0 Å². The van der Waals surface area contributed by atoms with Gasteiger partial charge < -0.3 is 15.0 Å². The second kappa shape index (κ2) is 8.35. The van der Waals surface area contributed by atoms with Crippen LogP contribution in [0.15, 0.2) is 42.6 Å². The smallest absolute Gasteiger partial charge is 0.422 e. The first kappa shape index (κ1) is 18.4. The highest BCUT2D eigenvalue weighted by atomic mass is 19.4. The van der Waals surface area contributed by atoms with Crippen LogP contribution in [0.1, 0.15) is 18.4 Å². The lowest BCUT2D eigenvalue weighted by atomic mass is 10.1. The number of halogens is 3. The molecular weight excluding hydrogens is 345 g/mol. The van der Waals surface area contributed by atoms with Crippen LogP contribution in [0, 0.1) is 0 Å². The van der Waals surface area contributed by atoms with Crippen molar-refractivity contribution in [1.29, 1.82) is 0 Å². The van der Waals surface area contributed by atoms with Crippen LogP contribution in [0.25, 0.3) is 0 Å². The number of piperidine rings is 1.